The Kier molecular flexibility index (Phi) is 4.61. The van der Waals surface area contributed by atoms with Crippen LogP contribution in [0.25, 0.3) is 0 Å². The molecule has 1 aliphatic heterocycles. The van der Waals surface area contributed by atoms with Crippen molar-refractivity contribution in [3.63, 3.8) is 0 Å². The van der Waals surface area contributed by atoms with Crippen molar-refractivity contribution in [3.05, 3.63) is 29.6 Å². The van der Waals surface area contributed by atoms with Crippen LogP contribution in [0.3, 0.4) is 0 Å². The molecule has 2 rings (SSSR count). The average Bonchev–Trinajstić information content (AvgIpc) is 2.37. The zero-order valence-electron chi connectivity index (χ0n) is 11.5. The molecule has 1 aromatic carbocycles. The van der Waals surface area contributed by atoms with Gasteiger partial charge in [0.2, 0.25) is 0 Å². The van der Waals surface area contributed by atoms with E-state index >= 15 is 0 Å². The van der Waals surface area contributed by atoms with E-state index in [-0.39, 0.29) is 11.9 Å². The van der Waals surface area contributed by atoms with E-state index in [1.165, 1.54) is 18.4 Å². The van der Waals surface area contributed by atoms with Crippen LogP contribution in [0, 0.1) is 5.82 Å². The van der Waals surface area contributed by atoms with Crippen molar-refractivity contribution in [3.8, 4) is 0 Å². The normalized spacial score (nSPS) is 21.8. The van der Waals surface area contributed by atoms with E-state index in [4.69, 9.17) is 5.73 Å². The molecular weight excluding hydrogens is 299 g/mol. The summed E-state index contributed by atoms with van der Waals surface area (Å²) < 4.78 is 37.3. The molecule has 112 valence electrons. The molecular formula is C13H19FN2O2S2. The molecule has 20 heavy (non-hydrogen) atoms. The molecule has 4 nitrogen and oxygen atoms in total. The van der Waals surface area contributed by atoms with E-state index in [0.29, 0.717) is 17.9 Å². The maximum absolute atomic E-state index is 13.4. The number of sulfone groups is 1. The van der Waals surface area contributed by atoms with Crippen molar-refractivity contribution in [2.24, 2.45) is 5.73 Å². The van der Waals surface area contributed by atoms with Crippen LogP contribution in [-0.2, 0) is 9.84 Å². The van der Waals surface area contributed by atoms with Crippen molar-refractivity contribution < 1.29 is 12.8 Å². The van der Waals surface area contributed by atoms with Gasteiger partial charge in [-0.3, -0.25) is 0 Å². The number of halogens is 1. The largest absolute Gasteiger partial charge is 0.353 e. The Morgan fingerprint density at radius 3 is 2.80 bits per heavy atom. The van der Waals surface area contributed by atoms with Crippen LogP contribution < -0.4 is 10.6 Å². The molecule has 2 N–H and O–H groups in total. The minimum absolute atomic E-state index is 0.351. The Labute approximate surface area is 123 Å². The van der Waals surface area contributed by atoms with Crippen molar-refractivity contribution in [2.75, 3.05) is 29.2 Å². The number of nitrogens with zero attached hydrogens (tertiary/aromatic N) is 1. The standard InChI is InChI=1S/C13H19FN2O2S2/c1-9(15)11-7-10(14)3-4-12(11)16-5-6-19-8-13(16)20(2,17)18/h3-4,7,9,13H,5-6,8,15H2,1-2H3. The monoisotopic (exact) mass is 318 g/mol. The second kappa shape index (κ2) is 5.91. The quantitative estimate of drug-likeness (QED) is 0.920. The molecule has 1 aliphatic rings. The minimum Gasteiger partial charge on any atom is -0.353 e. The van der Waals surface area contributed by atoms with Crippen molar-refractivity contribution in [2.45, 2.75) is 18.3 Å². The predicted molar refractivity (Wildman–Crippen MR) is 82.3 cm³/mol. The Hall–Kier alpha value is -0.790. The first-order valence-electron chi connectivity index (χ1n) is 6.39. The van der Waals surface area contributed by atoms with Crippen LogP contribution in [0.1, 0.15) is 18.5 Å². The maximum atomic E-state index is 13.4. The fourth-order valence-electron chi connectivity index (χ4n) is 2.36. The average molecular weight is 318 g/mol. The molecule has 1 aromatic rings. The third-order valence-corrected chi connectivity index (χ3v) is 6.01. The molecule has 0 bridgehead atoms. The lowest BCUT2D eigenvalue weighted by Gasteiger charge is -2.37. The lowest BCUT2D eigenvalue weighted by Crippen LogP contribution is -2.47. The number of nitrogens with two attached hydrogens (primary N) is 1. The van der Waals surface area contributed by atoms with Gasteiger partial charge in [-0.05, 0) is 30.7 Å². The first kappa shape index (κ1) is 15.6. The molecule has 1 saturated heterocycles. The van der Waals surface area contributed by atoms with Gasteiger partial charge in [-0.15, -0.1) is 0 Å². The summed E-state index contributed by atoms with van der Waals surface area (Å²) in [6, 6.07) is 4.02. The zero-order chi connectivity index (χ0) is 14.9. The van der Waals surface area contributed by atoms with Crippen LogP contribution in [0.5, 0.6) is 0 Å². The third kappa shape index (κ3) is 3.27. The summed E-state index contributed by atoms with van der Waals surface area (Å²) in [7, 11) is -3.21. The Morgan fingerprint density at radius 1 is 1.50 bits per heavy atom. The Bertz CT molecular complexity index is 590. The summed E-state index contributed by atoms with van der Waals surface area (Å²) in [5.74, 6) is 1.01. The van der Waals surface area contributed by atoms with Crippen LogP contribution in [0.15, 0.2) is 18.2 Å². The lowest BCUT2D eigenvalue weighted by atomic mass is 10.1. The fraction of sp³-hybridized carbons (Fsp3) is 0.538. The maximum Gasteiger partial charge on any atom is 0.169 e. The van der Waals surface area contributed by atoms with E-state index in [9.17, 15) is 12.8 Å². The van der Waals surface area contributed by atoms with Gasteiger partial charge >= 0.3 is 0 Å². The molecule has 1 fully saturated rings. The Balaban J connectivity index is 2.48. The first-order valence-corrected chi connectivity index (χ1v) is 9.50. The van der Waals surface area contributed by atoms with E-state index in [2.05, 4.69) is 0 Å². The number of benzene rings is 1. The molecule has 0 aliphatic carbocycles. The Morgan fingerprint density at radius 2 is 2.20 bits per heavy atom. The molecule has 7 heteroatoms. The zero-order valence-corrected chi connectivity index (χ0v) is 13.2. The number of rotatable bonds is 3. The topological polar surface area (TPSA) is 63.4 Å². The van der Waals surface area contributed by atoms with Gasteiger partial charge in [0.1, 0.15) is 11.2 Å². The molecule has 2 unspecified atom stereocenters. The van der Waals surface area contributed by atoms with E-state index < -0.39 is 15.2 Å². The van der Waals surface area contributed by atoms with Crippen LogP contribution in [0.4, 0.5) is 10.1 Å². The van der Waals surface area contributed by atoms with Crippen LogP contribution >= 0.6 is 11.8 Å². The third-order valence-electron chi connectivity index (χ3n) is 3.37. The van der Waals surface area contributed by atoms with Gasteiger partial charge in [0.05, 0.1) is 0 Å². The molecule has 2 atom stereocenters. The van der Waals surface area contributed by atoms with Crippen LogP contribution in [-0.4, -0.2) is 38.1 Å². The van der Waals surface area contributed by atoms with E-state index in [1.54, 1.807) is 24.8 Å². The van der Waals surface area contributed by atoms with E-state index in [0.717, 1.165) is 11.4 Å². The summed E-state index contributed by atoms with van der Waals surface area (Å²) in [6.07, 6.45) is 1.24. The highest BCUT2D eigenvalue weighted by Gasteiger charge is 2.32. The molecule has 1 heterocycles. The summed E-state index contributed by atoms with van der Waals surface area (Å²) in [4.78, 5) is 1.84. The first-order chi connectivity index (χ1) is 9.30. The van der Waals surface area contributed by atoms with Crippen molar-refractivity contribution in [1.82, 2.24) is 0 Å². The fourth-order valence-corrected chi connectivity index (χ4v) is 5.20. The van der Waals surface area contributed by atoms with Gasteiger partial charge < -0.3 is 10.6 Å². The summed E-state index contributed by atoms with van der Waals surface area (Å²) in [5.41, 5.74) is 7.26. The second-order valence-electron chi connectivity index (χ2n) is 5.04. The van der Waals surface area contributed by atoms with Gasteiger partial charge in [-0.1, -0.05) is 0 Å². The highest BCUT2D eigenvalue weighted by molar-refractivity contribution is 8.01. The number of hydrogen-bond donors (Lipinski definition) is 1. The second-order valence-corrected chi connectivity index (χ2v) is 8.40. The lowest BCUT2D eigenvalue weighted by molar-refractivity contribution is 0.583. The summed E-state index contributed by atoms with van der Waals surface area (Å²) in [6.45, 7) is 2.39. The van der Waals surface area contributed by atoms with Gasteiger partial charge in [-0.25, -0.2) is 12.8 Å². The molecule has 0 radical (unpaired) electrons. The van der Waals surface area contributed by atoms with Gasteiger partial charge in [-0.2, -0.15) is 11.8 Å². The summed E-state index contributed by atoms with van der Waals surface area (Å²) >= 11 is 1.62. The van der Waals surface area contributed by atoms with Crippen molar-refractivity contribution >= 4 is 27.3 Å². The molecule has 0 saturated carbocycles. The van der Waals surface area contributed by atoms with E-state index in [1.807, 2.05) is 4.90 Å². The van der Waals surface area contributed by atoms with Gasteiger partial charge in [0, 0.05) is 36.0 Å². The van der Waals surface area contributed by atoms with Gasteiger partial charge in [0.15, 0.2) is 9.84 Å². The highest BCUT2D eigenvalue weighted by atomic mass is 32.2. The van der Waals surface area contributed by atoms with Crippen LogP contribution in [0.2, 0.25) is 0 Å². The van der Waals surface area contributed by atoms with Crippen molar-refractivity contribution in [1.29, 1.82) is 0 Å². The van der Waals surface area contributed by atoms with Gasteiger partial charge in [0.25, 0.3) is 0 Å². The predicted octanol–water partition coefficient (Wildman–Crippen LogP) is 1.77. The highest BCUT2D eigenvalue weighted by Crippen LogP contribution is 2.32. The molecule has 0 spiro atoms. The number of thioether (sulfide) groups is 1. The SMILES string of the molecule is CC(N)c1cc(F)ccc1N1CCSCC1S(C)(=O)=O. The number of anilines is 1. The smallest absolute Gasteiger partial charge is 0.169 e. The minimum atomic E-state index is -3.21. The summed E-state index contributed by atoms with van der Waals surface area (Å²) in [5, 5.41) is -0.579. The molecule has 0 amide bonds. The molecule has 0 aromatic heterocycles. The number of hydrogen-bond acceptors (Lipinski definition) is 5.